The minimum absolute atomic E-state index is 0.665. The number of nitrogens with zero attached hydrogens (tertiary/aromatic N) is 2. The minimum atomic E-state index is 0.665. The molecule has 0 aliphatic heterocycles. The summed E-state index contributed by atoms with van der Waals surface area (Å²) < 4.78 is 0. The van der Waals surface area contributed by atoms with Gasteiger partial charge in [0.05, 0.1) is 6.34 Å². The van der Waals surface area contributed by atoms with Gasteiger partial charge in [-0.2, -0.15) is 0 Å². The molecule has 0 saturated carbocycles. The van der Waals surface area contributed by atoms with Gasteiger partial charge in [-0.3, -0.25) is 0 Å². The molecule has 0 unspecified atom stereocenters. The predicted molar refractivity (Wildman–Crippen MR) is 40.5 cm³/mol. The molecule has 0 N–H and O–H groups in total. The van der Waals surface area contributed by atoms with E-state index in [0.717, 1.165) is 0 Å². The van der Waals surface area contributed by atoms with Crippen LogP contribution in [0.5, 0.6) is 0 Å². The van der Waals surface area contributed by atoms with E-state index in [2.05, 4.69) is 17.2 Å². The highest BCUT2D eigenvalue weighted by molar-refractivity contribution is 7.80. The Balaban J connectivity index is 3.50. The van der Waals surface area contributed by atoms with Gasteiger partial charge in [0.1, 0.15) is 4.99 Å². The first-order valence-electron chi connectivity index (χ1n) is 2.34. The molecule has 8 heavy (non-hydrogen) atoms. The van der Waals surface area contributed by atoms with E-state index in [4.69, 9.17) is 0 Å². The third-order valence-electron chi connectivity index (χ3n) is 0.470. The number of rotatable bonds is 1. The first-order valence-corrected chi connectivity index (χ1v) is 2.75. The lowest BCUT2D eigenvalue weighted by molar-refractivity contribution is 0.644. The molecule has 2 nitrogen and oxygen atoms in total. The SMILES string of the molecule is CC(=S)N=CN(C)C. The topological polar surface area (TPSA) is 15.6 Å². The molecule has 0 amide bonds. The van der Waals surface area contributed by atoms with Crippen LogP contribution in [-0.4, -0.2) is 30.3 Å². The molecular weight excluding hydrogens is 120 g/mol. The molecule has 0 saturated heterocycles. The lowest BCUT2D eigenvalue weighted by Gasteiger charge is -1.99. The molecule has 0 aliphatic rings. The van der Waals surface area contributed by atoms with Crippen molar-refractivity contribution >= 4 is 23.5 Å². The largest absolute Gasteiger partial charge is 0.369 e. The molecule has 46 valence electrons. The monoisotopic (exact) mass is 130 g/mol. The average Bonchev–Trinajstić information content (AvgIpc) is 1.61. The van der Waals surface area contributed by atoms with Gasteiger partial charge in [0, 0.05) is 14.1 Å². The number of aliphatic imine (C=N–C) groups is 1. The standard InChI is InChI=1S/C5H10N2S/c1-5(8)6-4-7(2)3/h4H,1-3H3. The second-order valence-corrected chi connectivity index (χ2v) is 2.32. The molecule has 0 heterocycles. The van der Waals surface area contributed by atoms with Crippen molar-refractivity contribution in [2.24, 2.45) is 4.99 Å². The van der Waals surface area contributed by atoms with Crippen LogP contribution >= 0.6 is 12.2 Å². The second kappa shape index (κ2) is 3.55. The van der Waals surface area contributed by atoms with Gasteiger partial charge in [0.2, 0.25) is 0 Å². The van der Waals surface area contributed by atoms with Crippen molar-refractivity contribution in [3.8, 4) is 0 Å². The van der Waals surface area contributed by atoms with E-state index in [1.54, 1.807) is 13.3 Å². The lowest BCUT2D eigenvalue weighted by Crippen LogP contribution is -2.08. The van der Waals surface area contributed by atoms with Crippen molar-refractivity contribution < 1.29 is 0 Å². The van der Waals surface area contributed by atoms with E-state index in [0.29, 0.717) is 4.99 Å². The van der Waals surface area contributed by atoms with Gasteiger partial charge >= 0.3 is 0 Å². The van der Waals surface area contributed by atoms with Crippen molar-refractivity contribution in [2.75, 3.05) is 14.1 Å². The zero-order chi connectivity index (χ0) is 6.57. The molecular formula is C5H10N2S. The van der Waals surface area contributed by atoms with E-state index in [1.165, 1.54) is 0 Å². The summed E-state index contributed by atoms with van der Waals surface area (Å²) >= 11 is 4.69. The van der Waals surface area contributed by atoms with Crippen molar-refractivity contribution in [1.82, 2.24) is 4.90 Å². The smallest absolute Gasteiger partial charge is 0.102 e. The molecule has 0 spiro atoms. The zero-order valence-electron chi connectivity index (χ0n) is 5.38. The second-order valence-electron chi connectivity index (χ2n) is 1.73. The Labute approximate surface area is 55.2 Å². The van der Waals surface area contributed by atoms with E-state index >= 15 is 0 Å². The molecule has 0 aromatic rings. The Morgan fingerprint density at radius 3 is 2.25 bits per heavy atom. The number of hydrogen-bond acceptors (Lipinski definition) is 1. The molecule has 0 fully saturated rings. The van der Waals surface area contributed by atoms with Crippen LogP contribution in [0.15, 0.2) is 4.99 Å². The summed E-state index contributed by atoms with van der Waals surface area (Å²) in [6.07, 6.45) is 1.68. The number of thiocarbonyl (C=S) groups is 1. The quantitative estimate of drug-likeness (QED) is 0.298. The van der Waals surface area contributed by atoms with Crippen LogP contribution in [0.1, 0.15) is 6.92 Å². The van der Waals surface area contributed by atoms with Crippen molar-refractivity contribution in [3.05, 3.63) is 0 Å². The molecule has 0 rings (SSSR count). The molecule has 0 aromatic carbocycles. The summed E-state index contributed by atoms with van der Waals surface area (Å²) in [5, 5.41) is 0. The summed E-state index contributed by atoms with van der Waals surface area (Å²) in [4.78, 5) is 6.36. The average molecular weight is 130 g/mol. The maximum absolute atomic E-state index is 4.69. The van der Waals surface area contributed by atoms with Crippen LogP contribution in [0.3, 0.4) is 0 Å². The minimum Gasteiger partial charge on any atom is -0.369 e. The summed E-state index contributed by atoms with van der Waals surface area (Å²) in [5.74, 6) is 0. The van der Waals surface area contributed by atoms with Gasteiger partial charge in [-0.15, -0.1) is 0 Å². The maximum Gasteiger partial charge on any atom is 0.102 e. The van der Waals surface area contributed by atoms with Crippen LogP contribution in [0.2, 0.25) is 0 Å². The fourth-order valence-corrected chi connectivity index (χ4v) is 0.244. The van der Waals surface area contributed by atoms with Crippen LogP contribution in [0.25, 0.3) is 0 Å². The lowest BCUT2D eigenvalue weighted by atomic mass is 10.8. The van der Waals surface area contributed by atoms with Crippen LogP contribution in [-0.2, 0) is 0 Å². The van der Waals surface area contributed by atoms with Gasteiger partial charge in [-0.1, -0.05) is 12.2 Å². The summed E-state index contributed by atoms with van der Waals surface area (Å²) in [5.41, 5.74) is 0. The van der Waals surface area contributed by atoms with Crippen LogP contribution in [0, 0.1) is 0 Å². The van der Waals surface area contributed by atoms with Gasteiger partial charge < -0.3 is 4.90 Å². The van der Waals surface area contributed by atoms with E-state index < -0.39 is 0 Å². The normalized spacial score (nSPS) is 9.88. The van der Waals surface area contributed by atoms with Gasteiger partial charge in [0.25, 0.3) is 0 Å². The highest BCUT2D eigenvalue weighted by atomic mass is 32.1. The first-order chi connectivity index (χ1) is 3.63. The van der Waals surface area contributed by atoms with Gasteiger partial charge in [-0.05, 0) is 6.92 Å². The molecule has 0 bridgehead atoms. The fourth-order valence-electron chi connectivity index (χ4n) is 0.197. The zero-order valence-corrected chi connectivity index (χ0v) is 6.20. The van der Waals surface area contributed by atoms with Crippen molar-refractivity contribution in [2.45, 2.75) is 6.92 Å². The molecule has 0 aliphatic carbocycles. The Bertz CT molecular complexity index is 107. The predicted octanol–water partition coefficient (Wildman–Crippen LogP) is 0.924. The highest BCUT2D eigenvalue weighted by Gasteiger charge is 1.76. The Kier molecular flexibility index (Phi) is 3.35. The molecule has 0 aromatic heterocycles. The van der Waals surface area contributed by atoms with E-state index in [9.17, 15) is 0 Å². The third-order valence-corrected chi connectivity index (χ3v) is 0.576. The van der Waals surface area contributed by atoms with Crippen molar-refractivity contribution in [1.29, 1.82) is 0 Å². The third kappa shape index (κ3) is 5.56. The first kappa shape index (κ1) is 7.56. The highest BCUT2D eigenvalue weighted by Crippen LogP contribution is 1.74. The Morgan fingerprint density at radius 2 is 2.12 bits per heavy atom. The summed E-state index contributed by atoms with van der Waals surface area (Å²) in [6, 6.07) is 0. The van der Waals surface area contributed by atoms with Crippen LogP contribution in [0.4, 0.5) is 0 Å². The number of hydrogen-bond donors (Lipinski definition) is 0. The molecule has 0 radical (unpaired) electrons. The molecule has 3 heteroatoms. The van der Waals surface area contributed by atoms with Gasteiger partial charge in [-0.25, -0.2) is 4.99 Å². The van der Waals surface area contributed by atoms with Gasteiger partial charge in [0.15, 0.2) is 0 Å². The van der Waals surface area contributed by atoms with Crippen LogP contribution < -0.4 is 0 Å². The maximum atomic E-state index is 4.69. The fraction of sp³-hybridized carbons (Fsp3) is 0.600. The summed E-state index contributed by atoms with van der Waals surface area (Å²) in [6.45, 7) is 1.79. The Morgan fingerprint density at radius 1 is 1.62 bits per heavy atom. The van der Waals surface area contributed by atoms with E-state index in [-0.39, 0.29) is 0 Å². The molecule has 0 atom stereocenters. The summed E-state index contributed by atoms with van der Waals surface area (Å²) in [7, 11) is 3.81. The van der Waals surface area contributed by atoms with E-state index in [1.807, 2.05) is 19.0 Å². The van der Waals surface area contributed by atoms with Crippen molar-refractivity contribution in [3.63, 3.8) is 0 Å². The Hall–Kier alpha value is -0.440.